The number of nitrogens with zero attached hydrogens (tertiary/aromatic N) is 2. The van der Waals surface area contributed by atoms with Crippen LogP contribution in [0.25, 0.3) is 11.6 Å². The Morgan fingerprint density at radius 2 is 1.87 bits per heavy atom. The number of amides is 2. The van der Waals surface area contributed by atoms with Crippen molar-refractivity contribution in [1.29, 1.82) is 0 Å². The van der Waals surface area contributed by atoms with Crippen LogP contribution in [0.5, 0.6) is 0 Å². The van der Waals surface area contributed by atoms with E-state index in [2.05, 4.69) is 13.8 Å². The van der Waals surface area contributed by atoms with Crippen LogP contribution in [-0.2, 0) is 20.9 Å². The van der Waals surface area contributed by atoms with Gasteiger partial charge in [-0.1, -0.05) is 55.8 Å². The number of furan rings is 1. The summed E-state index contributed by atoms with van der Waals surface area (Å²) in [6.45, 7) is 3.93. The van der Waals surface area contributed by atoms with E-state index in [4.69, 9.17) is 9.07 Å². The zero-order chi connectivity index (χ0) is 31.8. The molecule has 0 unspecified atom stereocenters. The second-order valence-corrected chi connectivity index (χ2v) is 12.2. The standard InChI is InChI=1S/C34H35BN2O8/c1-20(2)27-17-28-32(34(40)36(33(28)39)23-9-6-10-24(16-23)37(42)43)29-18-35(41)45-30(31(27)29)14-11-22(21-7-4-3-5-8-21)15-25-12-13-26(19-38)44-25/h3-10,12-13,15-16,20,28-30,32,38,41H,11,14,17-19H2,1-2H3/b22-15-/t28-,29+,30-,32-/m1/s1. The topological polar surface area (TPSA) is 143 Å². The van der Waals surface area contributed by atoms with Crippen molar-refractivity contribution in [3.8, 4) is 0 Å². The van der Waals surface area contributed by atoms with Crippen LogP contribution in [0.3, 0.4) is 0 Å². The van der Waals surface area contributed by atoms with E-state index in [0.717, 1.165) is 27.2 Å². The number of rotatable bonds is 9. The Morgan fingerprint density at radius 3 is 2.56 bits per heavy atom. The van der Waals surface area contributed by atoms with E-state index in [1.807, 2.05) is 42.5 Å². The molecule has 11 heteroatoms. The minimum atomic E-state index is -1.12. The van der Waals surface area contributed by atoms with Gasteiger partial charge in [-0.15, -0.1) is 0 Å². The van der Waals surface area contributed by atoms with Crippen molar-refractivity contribution in [1.82, 2.24) is 0 Å². The van der Waals surface area contributed by atoms with Crippen molar-refractivity contribution in [2.24, 2.45) is 23.7 Å². The molecule has 3 aromatic rings. The van der Waals surface area contributed by atoms with E-state index in [1.54, 1.807) is 12.1 Å². The molecule has 1 aromatic heterocycles. The molecule has 0 bridgehead atoms. The van der Waals surface area contributed by atoms with Gasteiger partial charge in [-0.2, -0.15) is 0 Å². The molecule has 3 heterocycles. The van der Waals surface area contributed by atoms with Crippen LogP contribution in [0, 0.1) is 33.8 Å². The lowest BCUT2D eigenvalue weighted by atomic mass is 9.57. The minimum absolute atomic E-state index is 0.0729. The van der Waals surface area contributed by atoms with E-state index >= 15 is 0 Å². The largest absolute Gasteiger partial charge is 0.459 e. The Labute approximate surface area is 261 Å². The van der Waals surface area contributed by atoms with Crippen molar-refractivity contribution in [3.05, 3.63) is 105 Å². The molecule has 10 nitrogen and oxygen atoms in total. The minimum Gasteiger partial charge on any atom is -0.459 e. The first-order chi connectivity index (χ1) is 21.7. The Kier molecular flexibility index (Phi) is 8.59. The molecular formula is C34H35BN2O8. The lowest BCUT2D eigenvalue weighted by Crippen LogP contribution is -2.46. The lowest BCUT2D eigenvalue weighted by molar-refractivity contribution is -0.384. The van der Waals surface area contributed by atoms with E-state index in [1.165, 1.54) is 18.2 Å². The number of non-ortho nitro benzene ring substituents is 1. The monoisotopic (exact) mass is 610 g/mol. The van der Waals surface area contributed by atoms with Crippen LogP contribution in [0.2, 0.25) is 6.32 Å². The van der Waals surface area contributed by atoms with Crippen LogP contribution in [-0.4, -0.2) is 40.1 Å². The van der Waals surface area contributed by atoms with Crippen molar-refractivity contribution in [2.45, 2.75) is 52.1 Å². The molecule has 2 aliphatic heterocycles. The summed E-state index contributed by atoms with van der Waals surface area (Å²) in [5, 5.41) is 31.8. The zero-order valence-electron chi connectivity index (χ0n) is 25.2. The summed E-state index contributed by atoms with van der Waals surface area (Å²) in [5.74, 6) is -1.33. The SMILES string of the molecule is CC(C)C1=C2[C@@H](CC/C(=C/c3ccc(CO)o3)c3ccccc3)OB(O)C[C@@H]2[C@@H]2C(=O)N(c3cccc([N+](=O)[O-])c3)C(=O)[C@@H]2C1. The Bertz CT molecular complexity index is 1680. The van der Waals surface area contributed by atoms with Gasteiger partial charge >= 0.3 is 7.12 Å². The van der Waals surface area contributed by atoms with E-state index in [-0.39, 0.29) is 36.1 Å². The molecule has 45 heavy (non-hydrogen) atoms. The maximum atomic E-state index is 14.0. The number of imide groups is 1. The average molecular weight is 610 g/mol. The number of allylic oxidation sites excluding steroid dienone is 2. The molecule has 1 aliphatic carbocycles. The first kappa shape index (κ1) is 30.7. The second kappa shape index (κ2) is 12.6. The predicted octanol–water partition coefficient (Wildman–Crippen LogP) is 5.66. The summed E-state index contributed by atoms with van der Waals surface area (Å²) in [5.41, 5.74) is 4.01. The molecule has 0 radical (unpaired) electrons. The normalized spacial score (nSPS) is 23.5. The number of fused-ring (bicyclic) bond motifs is 3. The Balaban J connectivity index is 1.33. The first-order valence-electron chi connectivity index (χ1n) is 15.3. The van der Waals surface area contributed by atoms with Gasteiger partial charge in [-0.25, -0.2) is 4.90 Å². The van der Waals surface area contributed by atoms with Gasteiger partial charge in [0.15, 0.2) is 0 Å². The fraction of sp³-hybridized carbons (Fsp3) is 0.353. The van der Waals surface area contributed by atoms with Crippen molar-refractivity contribution < 1.29 is 33.7 Å². The fourth-order valence-electron chi connectivity index (χ4n) is 7.22. The third kappa shape index (κ3) is 5.91. The van der Waals surface area contributed by atoms with Gasteiger partial charge in [-0.3, -0.25) is 19.7 Å². The number of aliphatic hydroxyl groups excluding tert-OH is 1. The van der Waals surface area contributed by atoms with Crippen molar-refractivity contribution >= 4 is 42.0 Å². The van der Waals surface area contributed by atoms with Gasteiger partial charge in [0.25, 0.3) is 5.69 Å². The van der Waals surface area contributed by atoms with Gasteiger partial charge < -0.3 is 19.2 Å². The highest BCUT2D eigenvalue weighted by Crippen LogP contribution is 2.52. The summed E-state index contributed by atoms with van der Waals surface area (Å²) in [4.78, 5) is 39.8. The van der Waals surface area contributed by atoms with Crippen molar-refractivity contribution in [3.63, 3.8) is 0 Å². The highest BCUT2D eigenvalue weighted by molar-refractivity contribution is 6.43. The fourth-order valence-corrected chi connectivity index (χ4v) is 7.22. The quantitative estimate of drug-likeness (QED) is 0.104. The maximum absolute atomic E-state index is 14.0. The second-order valence-electron chi connectivity index (χ2n) is 12.2. The molecule has 232 valence electrons. The number of benzene rings is 2. The molecule has 0 saturated carbocycles. The zero-order valence-corrected chi connectivity index (χ0v) is 25.2. The van der Waals surface area contributed by atoms with Gasteiger partial charge in [0.2, 0.25) is 11.8 Å². The maximum Gasteiger partial charge on any atom is 0.455 e. The number of anilines is 1. The van der Waals surface area contributed by atoms with Gasteiger partial charge in [-0.05, 0) is 78.4 Å². The van der Waals surface area contributed by atoms with Crippen LogP contribution >= 0.6 is 0 Å². The summed E-state index contributed by atoms with van der Waals surface area (Å²) in [6, 6.07) is 19.0. The van der Waals surface area contributed by atoms with E-state index in [0.29, 0.717) is 30.8 Å². The Morgan fingerprint density at radius 1 is 1.09 bits per heavy atom. The number of aliphatic hydroxyl groups is 1. The summed E-state index contributed by atoms with van der Waals surface area (Å²) < 4.78 is 11.9. The number of carbonyl (C=O) groups excluding carboxylic acids is 2. The smallest absolute Gasteiger partial charge is 0.455 e. The Hall–Kier alpha value is -4.32. The molecule has 2 N–H and O–H groups in total. The third-order valence-electron chi connectivity index (χ3n) is 9.21. The molecule has 2 fully saturated rings. The van der Waals surface area contributed by atoms with Gasteiger partial charge in [0, 0.05) is 12.1 Å². The lowest BCUT2D eigenvalue weighted by Gasteiger charge is -2.44. The third-order valence-corrected chi connectivity index (χ3v) is 9.21. The molecule has 2 amide bonds. The number of nitro benzene ring substituents is 1. The number of hydrogen-bond acceptors (Lipinski definition) is 8. The van der Waals surface area contributed by atoms with Crippen LogP contribution in [0.1, 0.15) is 50.2 Å². The van der Waals surface area contributed by atoms with Gasteiger partial charge in [0.05, 0.1) is 28.6 Å². The van der Waals surface area contributed by atoms with Crippen molar-refractivity contribution in [2.75, 3.05) is 4.90 Å². The average Bonchev–Trinajstić information content (AvgIpc) is 3.59. The number of carbonyl (C=O) groups is 2. The molecule has 3 aliphatic rings. The summed E-state index contributed by atoms with van der Waals surface area (Å²) in [6.07, 6.45) is 3.11. The number of nitro groups is 1. The summed E-state index contributed by atoms with van der Waals surface area (Å²) >= 11 is 0. The van der Waals surface area contributed by atoms with E-state index in [9.17, 15) is 29.8 Å². The molecule has 2 aromatic carbocycles. The van der Waals surface area contributed by atoms with Crippen LogP contribution in [0.4, 0.5) is 11.4 Å². The predicted molar refractivity (Wildman–Crippen MR) is 168 cm³/mol. The molecule has 0 spiro atoms. The van der Waals surface area contributed by atoms with Gasteiger partial charge in [0.1, 0.15) is 18.1 Å². The molecule has 6 rings (SSSR count). The molecule has 4 atom stereocenters. The molecular weight excluding hydrogens is 575 g/mol. The van der Waals surface area contributed by atoms with Crippen LogP contribution in [0.15, 0.2) is 82.3 Å². The highest BCUT2D eigenvalue weighted by Gasteiger charge is 2.58. The van der Waals surface area contributed by atoms with E-state index < -0.39 is 41.8 Å². The molecule has 2 saturated heterocycles. The van der Waals surface area contributed by atoms with Crippen LogP contribution < -0.4 is 4.90 Å². The highest BCUT2D eigenvalue weighted by atomic mass is 16.6. The number of hydrogen-bond donors (Lipinski definition) is 2. The first-order valence-corrected chi connectivity index (χ1v) is 15.3. The summed E-state index contributed by atoms with van der Waals surface area (Å²) in [7, 11) is -1.12.